The van der Waals surface area contributed by atoms with Gasteiger partial charge in [0.1, 0.15) is 0 Å². The molecule has 1 saturated heterocycles. The molecule has 1 N–H and O–H groups in total. The molecule has 1 aromatic rings. The first kappa shape index (κ1) is 13.5. The van der Waals surface area contributed by atoms with Crippen molar-refractivity contribution in [2.24, 2.45) is 0 Å². The van der Waals surface area contributed by atoms with E-state index in [1.807, 2.05) is 6.92 Å². The van der Waals surface area contributed by atoms with Crippen molar-refractivity contribution in [3.63, 3.8) is 0 Å². The first-order chi connectivity index (χ1) is 9.11. The molecule has 5 heteroatoms. The molecule has 2 rings (SSSR count). The average Bonchev–Trinajstić information content (AvgIpc) is 2.45. The van der Waals surface area contributed by atoms with Crippen LogP contribution < -0.4 is 5.32 Å². The Bertz CT molecular complexity index is 487. The van der Waals surface area contributed by atoms with Gasteiger partial charge in [0.05, 0.1) is 12.7 Å². The number of rotatable bonds is 2. The van der Waals surface area contributed by atoms with Gasteiger partial charge in [0.25, 0.3) is 5.91 Å². The quantitative estimate of drug-likeness (QED) is 0.805. The number of piperazine rings is 1. The van der Waals surface area contributed by atoms with E-state index in [1.54, 1.807) is 29.2 Å². The predicted molar refractivity (Wildman–Crippen MR) is 71.1 cm³/mol. The second-order valence-corrected chi connectivity index (χ2v) is 4.68. The Balaban J connectivity index is 2.16. The molecule has 1 atom stereocenters. The fourth-order valence-electron chi connectivity index (χ4n) is 2.20. The van der Waals surface area contributed by atoms with Crippen molar-refractivity contribution in [1.82, 2.24) is 10.2 Å². The number of esters is 1. The van der Waals surface area contributed by atoms with E-state index in [0.29, 0.717) is 30.3 Å². The van der Waals surface area contributed by atoms with Crippen LogP contribution in [-0.2, 0) is 4.74 Å². The summed E-state index contributed by atoms with van der Waals surface area (Å²) in [6.07, 6.45) is 0. The molecular weight excluding hydrogens is 244 g/mol. The summed E-state index contributed by atoms with van der Waals surface area (Å²) < 4.78 is 4.66. The molecule has 0 aliphatic carbocycles. The van der Waals surface area contributed by atoms with Crippen LogP contribution in [0.25, 0.3) is 0 Å². The second-order valence-electron chi connectivity index (χ2n) is 4.68. The largest absolute Gasteiger partial charge is 0.465 e. The maximum atomic E-state index is 12.4. The van der Waals surface area contributed by atoms with Crippen LogP contribution in [0.5, 0.6) is 0 Å². The Morgan fingerprint density at radius 2 is 2.11 bits per heavy atom. The number of nitrogens with one attached hydrogen (secondary N) is 1. The van der Waals surface area contributed by atoms with Crippen molar-refractivity contribution in [1.29, 1.82) is 0 Å². The highest BCUT2D eigenvalue weighted by molar-refractivity contribution is 5.98. The number of nitrogens with zero attached hydrogens (tertiary/aromatic N) is 1. The van der Waals surface area contributed by atoms with Crippen LogP contribution in [0.4, 0.5) is 0 Å². The van der Waals surface area contributed by atoms with Crippen LogP contribution in [0.15, 0.2) is 24.3 Å². The van der Waals surface area contributed by atoms with Gasteiger partial charge in [-0.05, 0) is 25.1 Å². The second kappa shape index (κ2) is 5.84. The molecule has 0 aromatic heterocycles. The van der Waals surface area contributed by atoms with Gasteiger partial charge in [-0.15, -0.1) is 0 Å². The zero-order valence-electron chi connectivity index (χ0n) is 11.2. The molecule has 0 bridgehead atoms. The lowest BCUT2D eigenvalue weighted by Crippen LogP contribution is -2.51. The van der Waals surface area contributed by atoms with Gasteiger partial charge in [-0.3, -0.25) is 4.79 Å². The summed E-state index contributed by atoms with van der Waals surface area (Å²) in [6, 6.07) is 6.94. The van der Waals surface area contributed by atoms with Gasteiger partial charge < -0.3 is 15.0 Å². The van der Waals surface area contributed by atoms with Gasteiger partial charge in [-0.1, -0.05) is 6.07 Å². The Morgan fingerprint density at radius 1 is 1.37 bits per heavy atom. The third kappa shape index (κ3) is 3.12. The summed E-state index contributed by atoms with van der Waals surface area (Å²) in [4.78, 5) is 25.6. The molecule has 19 heavy (non-hydrogen) atoms. The summed E-state index contributed by atoms with van der Waals surface area (Å²) >= 11 is 0. The summed E-state index contributed by atoms with van der Waals surface area (Å²) in [5.41, 5.74) is 0.925. The number of hydrogen-bond donors (Lipinski definition) is 1. The summed E-state index contributed by atoms with van der Waals surface area (Å²) in [6.45, 7) is 4.21. The molecule has 5 nitrogen and oxygen atoms in total. The van der Waals surface area contributed by atoms with Crippen molar-refractivity contribution < 1.29 is 14.3 Å². The van der Waals surface area contributed by atoms with Crippen molar-refractivity contribution in [2.45, 2.75) is 13.0 Å². The van der Waals surface area contributed by atoms with Gasteiger partial charge in [-0.2, -0.15) is 0 Å². The number of carbonyl (C=O) groups is 2. The SMILES string of the molecule is COC(=O)c1cccc(C(=O)N2CCN[C@@H](C)C2)c1. The van der Waals surface area contributed by atoms with Gasteiger partial charge in [-0.25, -0.2) is 4.79 Å². The normalized spacial score (nSPS) is 19.1. The van der Waals surface area contributed by atoms with E-state index in [9.17, 15) is 9.59 Å². The molecular formula is C14H18N2O3. The molecule has 1 aromatic carbocycles. The van der Waals surface area contributed by atoms with E-state index in [-0.39, 0.29) is 5.91 Å². The summed E-state index contributed by atoms with van der Waals surface area (Å²) in [5, 5.41) is 3.29. The molecule has 0 spiro atoms. The number of amides is 1. The first-order valence-corrected chi connectivity index (χ1v) is 6.33. The Labute approximate surface area is 112 Å². The zero-order valence-corrected chi connectivity index (χ0v) is 11.2. The zero-order chi connectivity index (χ0) is 13.8. The minimum atomic E-state index is -0.427. The third-order valence-corrected chi connectivity index (χ3v) is 3.19. The topological polar surface area (TPSA) is 58.6 Å². The predicted octanol–water partition coefficient (Wildman–Crippen LogP) is 0.907. The van der Waals surface area contributed by atoms with Crippen molar-refractivity contribution in [3.8, 4) is 0 Å². The van der Waals surface area contributed by atoms with E-state index in [0.717, 1.165) is 6.54 Å². The fraction of sp³-hybridized carbons (Fsp3) is 0.429. The van der Waals surface area contributed by atoms with Crippen LogP contribution in [0.1, 0.15) is 27.6 Å². The maximum Gasteiger partial charge on any atom is 0.337 e. The number of carbonyl (C=O) groups excluding carboxylic acids is 2. The van der Waals surface area contributed by atoms with Crippen LogP contribution in [0, 0.1) is 0 Å². The smallest absolute Gasteiger partial charge is 0.337 e. The van der Waals surface area contributed by atoms with Gasteiger partial charge in [0.2, 0.25) is 0 Å². The summed E-state index contributed by atoms with van der Waals surface area (Å²) in [5.74, 6) is -0.470. The minimum Gasteiger partial charge on any atom is -0.465 e. The molecule has 1 amide bonds. The lowest BCUT2D eigenvalue weighted by atomic mass is 10.1. The average molecular weight is 262 g/mol. The van der Waals surface area contributed by atoms with E-state index >= 15 is 0 Å². The highest BCUT2D eigenvalue weighted by Crippen LogP contribution is 2.11. The van der Waals surface area contributed by atoms with Crippen molar-refractivity contribution >= 4 is 11.9 Å². The number of benzene rings is 1. The standard InChI is InChI=1S/C14H18N2O3/c1-10-9-16(7-6-15-10)13(17)11-4-3-5-12(8-11)14(18)19-2/h3-5,8,10,15H,6-7,9H2,1-2H3/t10-/m0/s1. The maximum absolute atomic E-state index is 12.4. The number of hydrogen-bond acceptors (Lipinski definition) is 4. The van der Waals surface area contributed by atoms with Gasteiger partial charge in [0, 0.05) is 31.2 Å². The molecule has 1 heterocycles. The molecule has 1 fully saturated rings. The monoisotopic (exact) mass is 262 g/mol. The Kier molecular flexibility index (Phi) is 4.16. The van der Waals surface area contributed by atoms with E-state index < -0.39 is 5.97 Å². The van der Waals surface area contributed by atoms with Crippen LogP contribution in [0.2, 0.25) is 0 Å². The molecule has 0 saturated carbocycles. The van der Waals surface area contributed by atoms with Crippen molar-refractivity contribution in [3.05, 3.63) is 35.4 Å². The Morgan fingerprint density at radius 3 is 2.79 bits per heavy atom. The molecule has 1 aliphatic rings. The number of methoxy groups -OCH3 is 1. The lowest BCUT2D eigenvalue weighted by Gasteiger charge is -2.32. The van der Waals surface area contributed by atoms with Crippen molar-refractivity contribution in [2.75, 3.05) is 26.7 Å². The minimum absolute atomic E-state index is 0.0425. The Hall–Kier alpha value is -1.88. The highest BCUT2D eigenvalue weighted by Gasteiger charge is 2.22. The molecule has 0 unspecified atom stereocenters. The molecule has 102 valence electrons. The molecule has 0 radical (unpaired) electrons. The fourth-order valence-corrected chi connectivity index (χ4v) is 2.20. The van der Waals surface area contributed by atoms with Crippen LogP contribution >= 0.6 is 0 Å². The van der Waals surface area contributed by atoms with E-state index in [2.05, 4.69) is 10.1 Å². The van der Waals surface area contributed by atoms with Gasteiger partial charge in [0.15, 0.2) is 0 Å². The van der Waals surface area contributed by atoms with Gasteiger partial charge >= 0.3 is 5.97 Å². The lowest BCUT2D eigenvalue weighted by molar-refractivity contribution is 0.0600. The van der Waals surface area contributed by atoms with Crippen LogP contribution in [0.3, 0.4) is 0 Å². The molecule has 1 aliphatic heterocycles. The van der Waals surface area contributed by atoms with E-state index in [4.69, 9.17) is 0 Å². The summed E-state index contributed by atoms with van der Waals surface area (Å²) in [7, 11) is 1.33. The van der Waals surface area contributed by atoms with E-state index in [1.165, 1.54) is 7.11 Å². The third-order valence-electron chi connectivity index (χ3n) is 3.19. The highest BCUT2D eigenvalue weighted by atomic mass is 16.5. The first-order valence-electron chi connectivity index (χ1n) is 6.33. The number of ether oxygens (including phenoxy) is 1. The van der Waals surface area contributed by atoms with Crippen LogP contribution in [-0.4, -0.2) is 49.6 Å².